The van der Waals surface area contributed by atoms with Crippen LogP contribution in [-0.4, -0.2) is 20.0 Å². The van der Waals surface area contributed by atoms with E-state index in [0.717, 1.165) is 16.9 Å². The Morgan fingerprint density at radius 1 is 0.952 bits per heavy atom. The molecule has 0 aromatic heterocycles. The van der Waals surface area contributed by atoms with Crippen LogP contribution in [0.4, 0.5) is 0 Å². The van der Waals surface area contributed by atoms with Crippen LogP contribution in [0.1, 0.15) is 21.5 Å². The van der Waals surface area contributed by atoms with Gasteiger partial charge in [0.25, 0.3) is 0 Å². The fourth-order valence-corrected chi connectivity index (χ4v) is 1.99. The van der Waals surface area contributed by atoms with E-state index in [4.69, 9.17) is 9.47 Å². The van der Waals surface area contributed by atoms with Gasteiger partial charge in [0.05, 0.1) is 14.2 Å². The first-order valence-electron chi connectivity index (χ1n) is 6.64. The molecule has 3 heteroatoms. The first-order chi connectivity index (χ1) is 10.1. The van der Waals surface area contributed by atoms with Crippen LogP contribution in [0.5, 0.6) is 11.5 Å². The summed E-state index contributed by atoms with van der Waals surface area (Å²) < 4.78 is 10.3. The van der Waals surface area contributed by atoms with Gasteiger partial charge in [-0.05, 0) is 54.5 Å². The highest BCUT2D eigenvalue weighted by Gasteiger charge is 2.05. The molecule has 0 radical (unpaired) electrons. The molecular weight excluding hydrogens is 264 g/mol. The normalized spacial score (nSPS) is 10.6. The standard InChI is InChI=1S/C18H18O3/c1-13-10-15(12-17(11-13)21-3)18(19)9-6-14-4-7-16(20-2)8-5-14/h4-12H,1-3H3/b9-6+. The second-order valence-electron chi connectivity index (χ2n) is 4.71. The Balaban J connectivity index is 2.16. The van der Waals surface area contributed by atoms with E-state index >= 15 is 0 Å². The molecule has 0 amide bonds. The van der Waals surface area contributed by atoms with Crippen molar-refractivity contribution in [3.8, 4) is 11.5 Å². The predicted molar refractivity (Wildman–Crippen MR) is 84.1 cm³/mol. The summed E-state index contributed by atoms with van der Waals surface area (Å²) in [6.07, 6.45) is 3.35. The van der Waals surface area contributed by atoms with Gasteiger partial charge >= 0.3 is 0 Å². The molecule has 0 spiro atoms. The van der Waals surface area contributed by atoms with Crippen molar-refractivity contribution < 1.29 is 14.3 Å². The van der Waals surface area contributed by atoms with Gasteiger partial charge in [-0.3, -0.25) is 4.79 Å². The third-order valence-electron chi connectivity index (χ3n) is 3.11. The number of carbonyl (C=O) groups is 1. The second-order valence-corrected chi connectivity index (χ2v) is 4.71. The minimum atomic E-state index is -0.0483. The molecule has 0 atom stereocenters. The molecule has 2 aromatic rings. The maximum absolute atomic E-state index is 12.2. The Labute approximate surface area is 124 Å². The lowest BCUT2D eigenvalue weighted by Gasteiger charge is -2.04. The zero-order chi connectivity index (χ0) is 15.2. The lowest BCUT2D eigenvalue weighted by Crippen LogP contribution is -1.96. The zero-order valence-electron chi connectivity index (χ0n) is 12.4. The molecule has 0 saturated carbocycles. The van der Waals surface area contributed by atoms with Gasteiger partial charge in [-0.1, -0.05) is 18.2 Å². The number of hydrogen-bond donors (Lipinski definition) is 0. The molecule has 0 bridgehead atoms. The molecule has 21 heavy (non-hydrogen) atoms. The lowest BCUT2D eigenvalue weighted by molar-refractivity contribution is 0.104. The Morgan fingerprint density at radius 2 is 1.62 bits per heavy atom. The Morgan fingerprint density at radius 3 is 2.24 bits per heavy atom. The summed E-state index contributed by atoms with van der Waals surface area (Å²) in [6, 6.07) is 13.0. The maximum Gasteiger partial charge on any atom is 0.185 e. The van der Waals surface area contributed by atoms with E-state index in [2.05, 4.69) is 0 Å². The fourth-order valence-electron chi connectivity index (χ4n) is 1.99. The molecule has 0 unspecified atom stereocenters. The van der Waals surface area contributed by atoms with Crippen molar-refractivity contribution in [3.63, 3.8) is 0 Å². The minimum Gasteiger partial charge on any atom is -0.497 e. The van der Waals surface area contributed by atoms with Crippen molar-refractivity contribution in [3.05, 3.63) is 65.2 Å². The average Bonchev–Trinajstić information content (AvgIpc) is 2.52. The topological polar surface area (TPSA) is 35.5 Å². The quantitative estimate of drug-likeness (QED) is 0.616. The highest BCUT2D eigenvalue weighted by Crippen LogP contribution is 2.18. The molecule has 0 N–H and O–H groups in total. The summed E-state index contributed by atoms with van der Waals surface area (Å²) in [5, 5.41) is 0. The summed E-state index contributed by atoms with van der Waals surface area (Å²) in [4.78, 5) is 12.2. The summed E-state index contributed by atoms with van der Waals surface area (Å²) in [5.41, 5.74) is 2.57. The van der Waals surface area contributed by atoms with Gasteiger partial charge in [0.1, 0.15) is 11.5 Å². The number of ether oxygens (including phenoxy) is 2. The van der Waals surface area contributed by atoms with Crippen LogP contribution in [0, 0.1) is 6.92 Å². The van der Waals surface area contributed by atoms with Gasteiger partial charge in [-0.15, -0.1) is 0 Å². The van der Waals surface area contributed by atoms with E-state index in [9.17, 15) is 4.79 Å². The number of allylic oxidation sites excluding steroid dienone is 1. The lowest BCUT2D eigenvalue weighted by atomic mass is 10.1. The SMILES string of the molecule is COc1ccc(/C=C/C(=O)c2cc(C)cc(OC)c2)cc1. The van der Waals surface area contributed by atoms with Crippen molar-refractivity contribution in [2.45, 2.75) is 6.92 Å². The Kier molecular flexibility index (Phi) is 4.77. The highest BCUT2D eigenvalue weighted by atomic mass is 16.5. The molecule has 2 rings (SSSR count). The molecule has 0 aliphatic carbocycles. The number of benzene rings is 2. The first kappa shape index (κ1) is 14.9. The monoisotopic (exact) mass is 282 g/mol. The van der Waals surface area contributed by atoms with Gasteiger partial charge in [-0.2, -0.15) is 0 Å². The van der Waals surface area contributed by atoms with Crippen LogP contribution >= 0.6 is 0 Å². The van der Waals surface area contributed by atoms with E-state index in [1.54, 1.807) is 32.4 Å². The van der Waals surface area contributed by atoms with Crippen LogP contribution in [0.15, 0.2) is 48.5 Å². The van der Waals surface area contributed by atoms with Crippen LogP contribution in [-0.2, 0) is 0 Å². The van der Waals surface area contributed by atoms with E-state index in [-0.39, 0.29) is 5.78 Å². The third-order valence-corrected chi connectivity index (χ3v) is 3.11. The molecule has 108 valence electrons. The number of rotatable bonds is 5. The van der Waals surface area contributed by atoms with Gasteiger partial charge in [0.15, 0.2) is 5.78 Å². The molecule has 0 saturated heterocycles. The van der Waals surface area contributed by atoms with Gasteiger partial charge in [-0.25, -0.2) is 0 Å². The smallest absolute Gasteiger partial charge is 0.185 e. The first-order valence-corrected chi connectivity index (χ1v) is 6.64. The third kappa shape index (κ3) is 3.96. The van der Waals surface area contributed by atoms with Crippen molar-refractivity contribution in [1.29, 1.82) is 0 Å². The summed E-state index contributed by atoms with van der Waals surface area (Å²) in [6.45, 7) is 1.94. The van der Waals surface area contributed by atoms with Crippen molar-refractivity contribution in [1.82, 2.24) is 0 Å². The number of methoxy groups -OCH3 is 2. The zero-order valence-corrected chi connectivity index (χ0v) is 12.4. The maximum atomic E-state index is 12.2. The van der Waals surface area contributed by atoms with Gasteiger partial charge in [0, 0.05) is 5.56 Å². The molecule has 0 aliphatic rings. The van der Waals surface area contributed by atoms with Gasteiger partial charge in [0.2, 0.25) is 0 Å². The van der Waals surface area contributed by atoms with E-state index in [1.807, 2.05) is 43.3 Å². The molecule has 0 aliphatic heterocycles. The fraction of sp³-hybridized carbons (Fsp3) is 0.167. The largest absolute Gasteiger partial charge is 0.497 e. The van der Waals surface area contributed by atoms with E-state index in [1.165, 1.54) is 0 Å². The van der Waals surface area contributed by atoms with E-state index < -0.39 is 0 Å². The number of carbonyl (C=O) groups excluding carboxylic acids is 1. The van der Waals surface area contributed by atoms with E-state index in [0.29, 0.717) is 11.3 Å². The predicted octanol–water partition coefficient (Wildman–Crippen LogP) is 3.91. The average molecular weight is 282 g/mol. The second kappa shape index (κ2) is 6.75. The molecule has 0 fully saturated rings. The molecule has 3 nitrogen and oxygen atoms in total. The van der Waals surface area contributed by atoms with Crippen LogP contribution < -0.4 is 9.47 Å². The van der Waals surface area contributed by atoms with Crippen molar-refractivity contribution in [2.75, 3.05) is 14.2 Å². The molecule has 2 aromatic carbocycles. The van der Waals surface area contributed by atoms with Crippen LogP contribution in [0.3, 0.4) is 0 Å². The van der Waals surface area contributed by atoms with Crippen LogP contribution in [0.2, 0.25) is 0 Å². The van der Waals surface area contributed by atoms with Crippen molar-refractivity contribution >= 4 is 11.9 Å². The minimum absolute atomic E-state index is 0.0483. The Hall–Kier alpha value is -2.55. The van der Waals surface area contributed by atoms with Crippen LogP contribution in [0.25, 0.3) is 6.08 Å². The highest BCUT2D eigenvalue weighted by molar-refractivity contribution is 6.07. The van der Waals surface area contributed by atoms with Gasteiger partial charge < -0.3 is 9.47 Å². The van der Waals surface area contributed by atoms with Crippen molar-refractivity contribution in [2.24, 2.45) is 0 Å². The molecular formula is C18H18O3. The summed E-state index contributed by atoms with van der Waals surface area (Å²) in [5.74, 6) is 1.44. The Bertz CT molecular complexity index is 655. The summed E-state index contributed by atoms with van der Waals surface area (Å²) >= 11 is 0. The molecule has 0 heterocycles. The summed E-state index contributed by atoms with van der Waals surface area (Å²) in [7, 11) is 3.22. The number of aryl methyl sites for hydroxylation is 1. The number of ketones is 1. The number of hydrogen-bond acceptors (Lipinski definition) is 3.